The lowest BCUT2D eigenvalue weighted by Gasteiger charge is -2.06. The Hall–Kier alpha value is -1.41. The molecule has 2 heteroatoms. The molecule has 0 atom stereocenters. The van der Waals surface area contributed by atoms with Gasteiger partial charge in [0.25, 0.3) is 0 Å². The molecule has 0 saturated carbocycles. The van der Waals surface area contributed by atoms with Crippen LogP contribution in [0.25, 0.3) is 11.1 Å². The van der Waals surface area contributed by atoms with Gasteiger partial charge >= 0.3 is 0 Å². The van der Waals surface area contributed by atoms with Crippen LogP contribution in [-0.4, -0.2) is 6.29 Å². The van der Waals surface area contributed by atoms with Crippen LogP contribution in [-0.2, 0) is 0 Å². The Morgan fingerprint density at radius 3 is 2.38 bits per heavy atom. The molecule has 0 spiro atoms. The first-order valence-electron chi connectivity index (χ1n) is 5.02. The summed E-state index contributed by atoms with van der Waals surface area (Å²) in [6.07, 6.45) is 0.900. The molecule has 0 aliphatic heterocycles. The number of aryl methyl sites for hydroxylation is 1. The van der Waals surface area contributed by atoms with Crippen molar-refractivity contribution in [1.29, 1.82) is 0 Å². The molecule has 0 fully saturated rings. The maximum absolute atomic E-state index is 11.0. The highest BCUT2D eigenvalue weighted by molar-refractivity contribution is 9.10. The highest BCUT2D eigenvalue weighted by Gasteiger charge is 2.04. The molecule has 0 aromatic heterocycles. The zero-order chi connectivity index (χ0) is 11.5. The van der Waals surface area contributed by atoms with Crippen LogP contribution in [0.3, 0.4) is 0 Å². The lowest BCUT2D eigenvalue weighted by molar-refractivity contribution is 0.112. The first-order chi connectivity index (χ1) is 7.70. The summed E-state index contributed by atoms with van der Waals surface area (Å²) < 4.78 is 1.04. The maximum Gasteiger partial charge on any atom is 0.150 e. The Labute approximate surface area is 103 Å². The third-order valence-corrected chi connectivity index (χ3v) is 3.02. The summed E-state index contributed by atoms with van der Waals surface area (Å²) in [5.74, 6) is 0. The molecule has 0 bridgehead atoms. The Morgan fingerprint density at radius 2 is 1.75 bits per heavy atom. The van der Waals surface area contributed by atoms with Gasteiger partial charge in [-0.1, -0.05) is 51.8 Å². The zero-order valence-electron chi connectivity index (χ0n) is 8.91. The fraction of sp³-hybridized carbons (Fsp3) is 0.0714. The molecule has 2 rings (SSSR count). The van der Waals surface area contributed by atoms with E-state index in [4.69, 9.17) is 0 Å². The predicted octanol–water partition coefficient (Wildman–Crippen LogP) is 4.24. The van der Waals surface area contributed by atoms with Crippen LogP contribution in [0.4, 0.5) is 0 Å². The molecule has 0 unspecified atom stereocenters. The van der Waals surface area contributed by atoms with Crippen molar-refractivity contribution in [3.63, 3.8) is 0 Å². The van der Waals surface area contributed by atoms with Crippen molar-refractivity contribution in [3.8, 4) is 11.1 Å². The Kier molecular flexibility index (Phi) is 3.20. The number of hydrogen-bond acceptors (Lipinski definition) is 1. The average molecular weight is 275 g/mol. The summed E-state index contributed by atoms with van der Waals surface area (Å²) in [5.41, 5.74) is 3.94. The van der Waals surface area contributed by atoms with E-state index in [1.54, 1.807) is 0 Å². The van der Waals surface area contributed by atoms with Crippen LogP contribution in [0.15, 0.2) is 46.9 Å². The number of carbonyl (C=O) groups is 1. The summed E-state index contributed by atoms with van der Waals surface area (Å²) in [6.45, 7) is 2.02. The van der Waals surface area contributed by atoms with E-state index in [2.05, 4.69) is 15.9 Å². The van der Waals surface area contributed by atoms with E-state index in [0.717, 1.165) is 33.0 Å². The molecule has 80 valence electrons. The average Bonchev–Trinajstić information content (AvgIpc) is 2.30. The van der Waals surface area contributed by atoms with Crippen molar-refractivity contribution in [2.45, 2.75) is 6.92 Å². The first kappa shape index (κ1) is 11.1. The van der Waals surface area contributed by atoms with Gasteiger partial charge in [0.1, 0.15) is 0 Å². The molecule has 0 radical (unpaired) electrons. The van der Waals surface area contributed by atoms with Crippen LogP contribution < -0.4 is 0 Å². The highest BCUT2D eigenvalue weighted by Crippen LogP contribution is 2.25. The van der Waals surface area contributed by atoms with Gasteiger partial charge in [-0.05, 0) is 30.2 Å². The first-order valence-corrected chi connectivity index (χ1v) is 5.82. The molecule has 0 aliphatic carbocycles. The van der Waals surface area contributed by atoms with Crippen LogP contribution in [0, 0.1) is 6.92 Å². The molecular weight excluding hydrogens is 264 g/mol. The van der Waals surface area contributed by atoms with E-state index in [-0.39, 0.29) is 0 Å². The molecule has 1 nitrogen and oxygen atoms in total. The fourth-order valence-electron chi connectivity index (χ4n) is 1.65. The van der Waals surface area contributed by atoms with Crippen molar-refractivity contribution in [1.82, 2.24) is 0 Å². The van der Waals surface area contributed by atoms with Gasteiger partial charge in [0.05, 0.1) is 0 Å². The Morgan fingerprint density at radius 1 is 1.06 bits per heavy atom. The molecular formula is C14H11BrO. The van der Waals surface area contributed by atoms with E-state index in [1.165, 1.54) is 0 Å². The van der Waals surface area contributed by atoms with Crippen LogP contribution in [0.5, 0.6) is 0 Å². The summed E-state index contributed by atoms with van der Waals surface area (Å²) in [6, 6.07) is 13.8. The van der Waals surface area contributed by atoms with E-state index < -0.39 is 0 Å². The van der Waals surface area contributed by atoms with E-state index in [9.17, 15) is 4.79 Å². The zero-order valence-corrected chi connectivity index (χ0v) is 10.5. The van der Waals surface area contributed by atoms with Crippen molar-refractivity contribution in [2.24, 2.45) is 0 Å². The Balaban J connectivity index is 2.57. The van der Waals surface area contributed by atoms with Crippen LogP contribution in [0.2, 0.25) is 0 Å². The van der Waals surface area contributed by atoms with Gasteiger partial charge in [-0.3, -0.25) is 4.79 Å². The second-order valence-electron chi connectivity index (χ2n) is 3.72. The molecule has 2 aromatic carbocycles. The molecule has 0 amide bonds. The minimum Gasteiger partial charge on any atom is -0.298 e. The van der Waals surface area contributed by atoms with Crippen LogP contribution in [0.1, 0.15) is 15.9 Å². The monoisotopic (exact) mass is 274 g/mol. The SMILES string of the molecule is Cc1ccc(C=O)c(-c2ccc(Br)cc2)c1. The van der Waals surface area contributed by atoms with E-state index >= 15 is 0 Å². The minimum absolute atomic E-state index is 0.730. The van der Waals surface area contributed by atoms with Gasteiger partial charge in [0.15, 0.2) is 6.29 Å². The van der Waals surface area contributed by atoms with E-state index in [1.807, 2.05) is 49.4 Å². The quantitative estimate of drug-likeness (QED) is 0.749. The summed E-state index contributed by atoms with van der Waals surface area (Å²) in [4.78, 5) is 11.0. The maximum atomic E-state index is 11.0. The highest BCUT2D eigenvalue weighted by atomic mass is 79.9. The normalized spacial score (nSPS) is 10.1. The second-order valence-corrected chi connectivity index (χ2v) is 4.63. The number of halogens is 1. The molecule has 0 aliphatic rings. The summed E-state index contributed by atoms with van der Waals surface area (Å²) in [7, 11) is 0. The van der Waals surface area contributed by atoms with Gasteiger partial charge in [0, 0.05) is 10.0 Å². The molecule has 0 heterocycles. The van der Waals surface area contributed by atoms with Crippen molar-refractivity contribution < 1.29 is 4.79 Å². The third kappa shape index (κ3) is 2.22. The smallest absolute Gasteiger partial charge is 0.150 e. The van der Waals surface area contributed by atoms with Crippen LogP contribution >= 0.6 is 15.9 Å². The van der Waals surface area contributed by atoms with Crippen molar-refractivity contribution >= 4 is 22.2 Å². The van der Waals surface area contributed by atoms with Gasteiger partial charge < -0.3 is 0 Å². The molecule has 2 aromatic rings. The van der Waals surface area contributed by atoms with Gasteiger partial charge in [-0.2, -0.15) is 0 Å². The molecule has 16 heavy (non-hydrogen) atoms. The second kappa shape index (κ2) is 4.62. The van der Waals surface area contributed by atoms with Crippen molar-refractivity contribution in [2.75, 3.05) is 0 Å². The molecule has 0 saturated heterocycles. The number of carbonyl (C=O) groups excluding carboxylic acids is 1. The number of aldehydes is 1. The number of benzene rings is 2. The third-order valence-electron chi connectivity index (χ3n) is 2.49. The predicted molar refractivity (Wildman–Crippen MR) is 69.7 cm³/mol. The number of hydrogen-bond donors (Lipinski definition) is 0. The lowest BCUT2D eigenvalue weighted by Crippen LogP contribution is -1.88. The van der Waals surface area contributed by atoms with Gasteiger partial charge in [-0.25, -0.2) is 0 Å². The van der Waals surface area contributed by atoms with E-state index in [0.29, 0.717) is 0 Å². The largest absolute Gasteiger partial charge is 0.298 e. The fourth-order valence-corrected chi connectivity index (χ4v) is 1.92. The van der Waals surface area contributed by atoms with Crippen molar-refractivity contribution in [3.05, 3.63) is 58.1 Å². The standard InChI is InChI=1S/C14H11BrO/c1-10-2-3-12(9-16)14(8-10)11-4-6-13(15)7-5-11/h2-9H,1H3. The summed E-state index contributed by atoms with van der Waals surface area (Å²) in [5, 5.41) is 0. The summed E-state index contributed by atoms with van der Waals surface area (Å²) >= 11 is 3.40. The lowest BCUT2D eigenvalue weighted by atomic mass is 9.98. The number of rotatable bonds is 2. The topological polar surface area (TPSA) is 17.1 Å². The van der Waals surface area contributed by atoms with Gasteiger partial charge in [-0.15, -0.1) is 0 Å². The van der Waals surface area contributed by atoms with Gasteiger partial charge in [0.2, 0.25) is 0 Å². The molecule has 0 N–H and O–H groups in total. The Bertz CT molecular complexity index is 515. The minimum atomic E-state index is 0.730.